The molecule has 1 saturated carbocycles. The lowest BCUT2D eigenvalue weighted by Gasteiger charge is -2.57. The van der Waals surface area contributed by atoms with Crippen LogP contribution in [0.1, 0.15) is 40.5 Å². The Bertz CT molecular complexity index is 559. The monoisotopic (exact) mass is 320 g/mol. The van der Waals surface area contributed by atoms with Gasteiger partial charge in [-0.05, 0) is 25.5 Å². The maximum absolute atomic E-state index is 12.7. The van der Waals surface area contributed by atoms with Crippen LogP contribution in [0.4, 0.5) is 5.69 Å². The lowest BCUT2D eigenvalue weighted by molar-refractivity contribution is -0.166. The highest BCUT2D eigenvalue weighted by atomic mass is 16.5. The molecule has 1 aliphatic carbocycles. The summed E-state index contributed by atoms with van der Waals surface area (Å²) in [4.78, 5) is 12.7. The van der Waals surface area contributed by atoms with E-state index in [-0.39, 0.29) is 12.0 Å². The molecule has 2 unspecified atom stereocenters. The normalized spacial score (nSPS) is 25.5. The smallest absolute Gasteiger partial charge is 0.245 e. The standard InChI is InChI=1S/C18H28N2O3/c1-5-10-23-14-9-7-8-13(11-14)20-16(21)18(19)12-15(22-6-2)17(18,3)4/h7-9,11,15H,5-6,10,12,19H2,1-4H3,(H,20,21). The molecule has 1 aliphatic rings. The molecule has 0 saturated heterocycles. The highest BCUT2D eigenvalue weighted by Gasteiger charge is 2.62. The van der Waals surface area contributed by atoms with Crippen LogP contribution in [0.2, 0.25) is 0 Å². The number of carbonyl (C=O) groups excluding carboxylic acids is 1. The van der Waals surface area contributed by atoms with E-state index < -0.39 is 11.0 Å². The molecule has 2 atom stereocenters. The lowest BCUT2D eigenvalue weighted by Crippen LogP contribution is -2.74. The molecule has 1 amide bonds. The summed E-state index contributed by atoms with van der Waals surface area (Å²) in [5.74, 6) is 0.571. The van der Waals surface area contributed by atoms with Gasteiger partial charge in [0.15, 0.2) is 0 Å². The predicted octanol–water partition coefficient (Wildman–Crippen LogP) is 2.95. The van der Waals surface area contributed by atoms with E-state index in [1.807, 2.05) is 45.0 Å². The van der Waals surface area contributed by atoms with Gasteiger partial charge in [-0.2, -0.15) is 0 Å². The van der Waals surface area contributed by atoms with Crippen LogP contribution >= 0.6 is 0 Å². The minimum absolute atomic E-state index is 0.0162. The quantitative estimate of drug-likeness (QED) is 0.810. The molecule has 2 rings (SSSR count). The zero-order valence-electron chi connectivity index (χ0n) is 14.5. The van der Waals surface area contributed by atoms with Crippen molar-refractivity contribution in [3.8, 4) is 5.75 Å². The second-order valence-corrected chi connectivity index (χ2v) is 6.67. The van der Waals surface area contributed by atoms with Gasteiger partial charge in [0.2, 0.25) is 5.91 Å². The molecule has 0 radical (unpaired) electrons. The highest BCUT2D eigenvalue weighted by Crippen LogP contribution is 2.50. The van der Waals surface area contributed by atoms with Crippen LogP contribution in [-0.2, 0) is 9.53 Å². The fraction of sp³-hybridized carbons (Fsp3) is 0.611. The van der Waals surface area contributed by atoms with Crippen LogP contribution in [0.3, 0.4) is 0 Å². The first kappa shape index (κ1) is 17.8. The molecule has 128 valence electrons. The molecule has 1 fully saturated rings. The fourth-order valence-electron chi connectivity index (χ4n) is 2.95. The van der Waals surface area contributed by atoms with Crippen LogP contribution < -0.4 is 15.8 Å². The predicted molar refractivity (Wildman–Crippen MR) is 91.6 cm³/mol. The number of rotatable bonds is 7. The minimum atomic E-state index is -0.923. The Kier molecular flexibility index (Phi) is 5.32. The average molecular weight is 320 g/mol. The van der Waals surface area contributed by atoms with Crippen LogP contribution in [0.25, 0.3) is 0 Å². The highest BCUT2D eigenvalue weighted by molar-refractivity contribution is 5.99. The summed E-state index contributed by atoms with van der Waals surface area (Å²) >= 11 is 0. The van der Waals surface area contributed by atoms with Gasteiger partial charge in [0.25, 0.3) is 0 Å². The molecule has 5 nitrogen and oxygen atoms in total. The summed E-state index contributed by atoms with van der Waals surface area (Å²) in [5.41, 5.74) is 5.76. The van der Waals surface area contributed by atoms with Crippen molar-refractivity contribution >= 4 is 11.6 Å². The van der Waals surface area contributed by atoms with E-state index in [9.17, 15) is 4.79 Å². The molecule has 0 heterocycles. The number of ether oxygens (including phenoxy) is 2. The van der Waals surface area contributed by atoms with Crippen molar-refractivity contribution in [2.75, 3.05) is 18.5 Å². The number of nitrogens with two attached hydrogens (primary N) is 1. The van der Waals surface area contributed by atoms with Gasteiger partial charge in [-0.1, -0.05) is 26.8 Å². The van der Waals surface area contributed by atoms with Crippen LogP contribution in [0.5, 0.6) is 5.75 Å². The van der Waals surface area contributed by atoms with Gasteiger partial charge in [0.05, 0.1) is 12.7 Å². The summed E-state index contributed by atoms with van der Waals surface area (Å²) in [6.45, 7) is 9.25. The van der Waals surface area contributed by atoms with E-state index in [0.29, 0.717) is 25.3 Å². The molecule has 23 heavy (non-hydrogen) atoms. The van der Waals surface area contributed by atoms with Gasteiger partial charge in [-0.25, -0.2) is 0 Å². The van der Waals surface area contributed by atoms with E-state index in [2.05, 4.69) is 12.2 Å². The van der Waals surface area contributed by atoms with Crippen molar-refractivity contribution in [3.63, 3.8) is 0 Å². The molecular formula is C18H28N2O3. The van der Waals surface area contributed by atoms with Gasteiger partial charge in [-0.3, -0.25) is 4.79 Å². The van der Waals surface area contributed by atoms with Crippen molar-refractivity contribution < 1.29 is 14.3 Å². The first-order valence-electron chi connectivity index (χ1n) is 8.30. The third-order valence-electron chi connectivity index (χ3n) is 4.80. The number of anilines is 1. The largest absolute Gasteiger partial charge is 0.494 e. The average Bonchev–Trinajstić information content (AvgIpc) is 2.52. The van der Waals surface area contributed by atoms with E-state index in [4.69, 9.17) is 15.2 Å². The Morgan fingerprint density at radius 1 is 1.39 bits per heavy atom. The lowest BCUT2D eigenvalue weighted by atomic mass is 9.54. The molecule has 0 aromatic heterocycles. The van der Waals surface area contributed by atoms with Crippen LogP contribution in [-0.4, -0.2) is 30.8 Å². The Morgan fingerprint density at radius 3 is 2.74 bits per heavy atom. The molecular weight excluding hydrogens is 292 g/mol. The van der Waals surface area contributed by atoms with Crippen molar-refractivity contribution in [2.45, 2.75) is 52.2 Å². The molecule has 0 bridgehead atoms. The number of nitrogens with one attached hydrogen (secondary N) is 1. The summed E-state index contributed by atoms with van der Waals surface area (Å²) in [7, 11) is 0. The van der Waals surface area contributed by atoms with Crippen molar-refractivity contribution in [3.05, 3.63) is 24.3 Å². The maximum atomic E-state index is 12.7. The first-order valence-corrected chi connectivity index (χ1v) is 8.30. The summed E-state index contributed by atoms with van der Waals surface area (Å²) in [6, 6.07) is 7.40. The molecule has 1 aromatic rings. The maximum Gasteiger partial charge on any atom is 0.245 e. The molecule has 0 aliphatic heterocycles. The van der Waals surface area contributed by atoms with Crippen molar-refractivity contribution in [1.82, 2.24) is 0 Å². The molecule has 1 aromatic carbocycles. The van der Waals surface area contributed by atoms with E-state index in [0.717, 1.165) is 12.2 Å². The zero-order valence-corrected chi connectivity index (χ0v) is 14.5. The van der Waals surface area contributed by atoms with Gasteiger partial charge < -0.3 is 20.5 Å². The molecule has 0 spiro atoms. The van der Waals surface area contributed by atoms with Crippen molar-refractivity contribution in [2.24, 2.45) is 11.1 Å². The Morgan fingerprint density at radius 2 is 2.13 bits per heavy atom. The van der Waals surface area contributed by atoms with Crippen LogP contribution in [0.15, 0.2) is 24.3 Å². The van der Waals surface area contributed by atoms with Crippen LogP contribution in [0, 0.1) is 5.41 Å². The van der Waals surface area contributed by atoms with E-state index in [1.165, 1.54) is 0 Å². The summed E-state index contributed by atoms with van der Waals surface area (Å²) in [6.07, 6.45) is 1.49. The number of benzene rings is 1. The van der Waals surface area contributed by atoms with Gasteiger partial charge in [-0.15, -0.1) is 0 Å². The molecule has 5 heteroatoms. The van der Waals surface area contributed by atoms with Crippen molar-refractivity contribution in [1.29, 1.82) is 0 Å². The topological polar surface area (TPSA) is 73.6 Å². The van der Waals surface area contributed by atoms with Gasteiger partial charge in [0.1, 0.15) is 11.3 Å². The Balaban J connectivity index is 2.05. The fourth-order valence-corrected chi connectivity index (χ4v) is 2.95. The molecule has 3 N–H and O–H groups in total. The first-order chi connectivity index (χ1) is 10.8. The van der Waals surface area contributed by atoms with Gasteiger partial charge in [0, 0.05) is 30.2 Å². The third kappa shape index (κ3) is 3.35. The summed E-state index contributed by atoms with van der Waals surface area (Å²) < 4.78 is 11.3. The zero-order chi connectivity index (χ0) is 17.1. The number of amides is 1. The second kappa shape index (κ2) is 6.89. The van der Waals surface area contributed by atoms with E-state index >= 15 is 0 Å². The SMILES string of the molecule is CCCOc1cccc(NC(=O)C2(N)CC(OCC)C2(C)C)c1. The van der Waals surface area contributed by atoms with Gasteiger partial charge >= 0.3 is 0 Å². The van der Waals surface area contributed by atoms with E-state index in [1.54, 1.807) is 0 Å². The Hall–Kier alpha value is -1.59. The second-order valence-electron chi connectivity index (χ2n) is 6.67. The number of hydrogen-bond acceptors (Lipinski definition) is 4. The third-order valence-corrected chi connectivity index (χ3v) is 4.80. The minimum Gasteiger partial charge on any atom is -0.494 e. The number of carbonyl (C=O) groups is 1. The Labute approximate surface area is 138 Å². The number of hydrogen-bond donors (Lipinski definition) is 2. The summed E-state index contributed by atoms with van der Waals surface area (Å²) in [5, 5.41) is 2.92.